The number of nitrogens with two attached hydrogens (primary N) is 1. The highest BCUT2D eigenvalue weighted by molar-refractivity contribution is 5.84. The van der Waals surface area contributed by atoms with Gasteiger partial charge in [0, 0.05) is 30.5 Å². The molecule has 3 aromatic heterocycles. The maximum absolute atomic E-state index is 13.7. The van der Waals surface area contributed by atoms with Gasteiger partial charge in [-0.3, -0.25) is 9.89 Å². The smallest absolute Gasteiger partial charge is 0.337 e. The number of hydrogen-bond donors (Lipinski definition) is 4. The molecular weight excluding hydrogens is 439 g/mol. The number of aromatic amines is 1. The highest BCUT2D eigenvalue weighted by atomic mass is 19.1. The number of aliphatic hydroxyl groups is 1. The van der Waals surface area contributed by atoms with Gasteiger partial charge in [-0.15, -0.1) is 0 Å². The molecule has 4 heterocycles. The SMILES string of the molecule is NC(=O)C1CCC[N+]1(c1ccc(F)nc1)c1nc2c(c(Nc3cc(C4(O)CC4)[nH]n3)n1)CCC2. The minimum absolute atomic E-state index is 0.0101. The van der Waals surface area contributed by atoms with Crippen molar-refractivity contribution in [2.75, 3.05) is 11.9 Å². The summed E-state index contributed by atoms with van der Waals surface area (Å²) < 4.78 is 13.7. The van der Waals surface area contributed by atoms with Crippen LogP contribution in [-0.2, 0) is 23.2 Å². The van der Waals surface area contributed by atoms with Crippen molar-refractivity contribution in [3.05, 3.63) is 47.3 Å². The first-order chi connectivity index (χ1) is 16.4. The Morgan fingerprint density at radius 3 is 2.85 bits per heavy atom. The fourth-order valence-corrected chi connectivity index (χ4v) is 5.37. The average molecular weight is 466 g/mol. The minimum atomic E-state index is -0.819. The second kappa shape index (κ2) is 7.54. The normalized spacial score (nSPS) is 24.7. The zero-order chi connectivity index (χ0) is 23.5. The summed E-state index contributed by atoms with van der Waals surface area (Å²) in [5, 5.41) is 20.9. The van der Waals surface area contributed by atoms with Gasteiger partial charge in [0.1, 0.15) is 11.4 Å². The van der Waals surface area contributed by atoms with E-state index in [4.69, 9.17) is 15.7 Å². The lowest BCUT2D eigenvalue weighted by molar-refractivity contribution is -0.121. The summed E-state index contributed by atoms with van der Waals surface area (Å²) in [5.74, 6) is 0.572. The van der Waals surface area contributed by atoms with Gasteiger partial charge in [-0.25, -0.2) is 9.47 Å². The maximum atomic E-state index is 13.7. The quantitative estimate of drug-likeness (QED) is 0.323. The van der Waals surface area contributed by atoms with Crippen LogP contribution < -0.4 is 15.5 Å². The van der Waals surface area contributed by atoms with Crippen molar-refractivity contribution >= 4 is 29.2 Å². The molecular formula is C23H26FN8O2+. The molecule has 2 atom stereocenters. The van der Waals surface area contributed by atoms with E-state index in [0.29, 0.717) is 54.8 Å². The number of fused-ring (bicyclic) bond motifs is 1. The number of carbonyl (C=O) groups is 1. The molecule has 0 bridgehead atoms. The van der Waals surface area contributed by atoms with E-state index >= 15 is 0 Å². The number of hydrogen-bond acceptors (Lipinski definition) is 7. The molecule has 3 aliphatic rings. The van der Waals surface area contributed by atoms with E-state index in [0.717, 1.165) is 36.9 Å². The Kier molecular flexibility index (Phi) is 4.68. The predicted molar refractivity (Wildman–Crippen MR) is 122 cm³/mol. The molecule has 6 rings (SSSR count). The fourth-order valence-electron chi connectivity index (χ4n) is 5.37. The van der Waals surface area contributed by atoms with Gasteiger partial charge in [-0.2, -0.15) is 19.5 Å². The highest BCUT2D eigenvalue weighted by Gasteiger charge is 2.52. The fraction of sp³-hybridized carbons (Fsp3) is 0.435. The van der Waals surface area contributed by atoms with E-state index < -0.39 is 23.5 Å². The largest absolute Gasteiger partial charge is 0.384 e. The maximum Gasteiger partial charge on any atom is 0.337 e. The van der Waals surface area contributed by atoms with Gasteiger partial charge in [0.25, 0.3) is 5.91 Å². The molecule has 5 N–H and O–H groups in total. The summed E-state index contributed by atoms with van der Waals surface area (Å²) in [4.78, 5) is 26.2. The van der Waals surface area contributed by atoms with Crippen molar-refractivity contribution in [3.8, 4) is 0 Å². The van der Waals surface area contributed by atoms with Gasteiger partial charge >= 0.3 is 5.95 Å². The Hall–Kier alpha value is -3.44. The molecule has 1 saturated heterocycles. The number of nitrogens with zero attached hydrogens (tertiary/aromatic N) is 5. The van der Waals surface area contributed by atoms with E-state index in [1.165, 1.54) is 12.3 Å². The van der Waals surface area contributed by atoms with Crippen molar-refractivity contribution < 1.29 is 14.3 Å². The molecule has 0 aromatic carbocycles. The molecule has 1 saturated carbocycles. The number of carbonyl (C=O) groups excluding carboxylic acids is 1. The third-order valence-corrected chi connectivity index (χ3v) is 7.35. The minimum Gasteiger partial charge on any atom is -0.384 e. The van der Waals surface area contributed by atoms with E-state index in [1.807, 2.05) is 0 Å². The number of anilines is 2. The van der Waals surface area contributed by atoms with Gasteiger partial charge < -0.3 is 16.2 Å². The van der Waals surface area contributed by atoms with Gasteiger partial charge in [0.05, 0.1) is 24.1 Å². The second-order valence-corrected chi connectivity index (χ2v) is 9.47. The number of pyridine rings is 1. The second-order valence-electron chi connectivity index (χ2n) is 9.47. The zero-order valence-corrected chi connectivity index (χ0v) is 18.6. The van der Waals surface area contributed by atoms with Crippen LogP contribution in [0.2, 0.25) is 0 Å². The third-order valence-electron chi connectivity index (χ3n) is 7.35. The predicted octanol–water partition coefficient (Wildman–Crippen LogP) is 2.23. The molecule has 0 spiro atoms. The molecule has 10 nitrogen and oxygen atoms in total. The standard InChI is InChI=1S/C23H25FN8O2/c24-18-7-6-13(12-26-18)32(10-2-5-16(32)20(25)33)22-27-15-4-1-3-14(15)21(29-22)28-19-11-17(30-31-19)23(34)8-9-23/h6-7,11-12,16,34H,1-5,8-10H2,(H3-,25,27,28,29,30,31,33)/p+1. The molecule has 2 unspecified atom stereocenters. The number of amides is 1. The van der Waals surface area contributed by atoms with E-state index in [9.17, 15) is 14.3 Å². The summed E-state index contributed by atoms with van der Waals surface area (Å²) in [6, 6.07) is 4.13. The van der Waals surface area contributed by atoms with E-state index in [2.05, 4.69) is 20.5 Å². The summed E-state index contributed by atoms with van der Waals surface area (Å²) in [5.41, 5.74) is 8.27. The van der Waals surface area contributed by atoms with Crippen LogP contribution in [0, 0.1) is 5.95 Å². The average Bonchev–Trinajstić information content (AvgIpc) is 3.26. The Morgan fingerprint density at radius 2 is 2.12 bits per heavy atom. The van der Waals surface area contributed by atoms with Crippen LogP contribution in [0.1, 0.15) is 49.1 Å². The van der Waals surface area contributed by atoms with Gasteiger partial charge in [0.15, 0.2) is 17.5 Å². The molecule has 2 aliphatic carbocycles. The Labute approximate surface area is 195 Å². The van der Waals surface area contributed by atoms with Crippen LogP contribution in [-0.4, -0.2) is 48.7 Å². The Balaban J connectivity index is 1.47. The number of aryl methyl sites for hydroxylation is 1. The number of quaternary nitrogens is 1. The molecule has 1 amide bonds. The first-order valence-electron chi connectivity index (χ1n) is 11.6. The molecule has 176 valence electrons. The third kappa shape index (κ3) is 3.26. The lowest BCUT2D eigenvalue weighted by Crippen LogP contribution is -2.55. The highest BCUT2D eigenvalue weighted by Crippen LogP contribution is 2.46. The number of halogens is 1. The van der Waals surface area contributed by atoms with Gasteiger partial charge in [0.2, 0.25) is 5.95 Å². The molecule has 0 radical (unpaired) electrons. The van der Waals surface area contributed by atoms with Crippen LogP contribution in [0.4, 0.5) is 27.7 Å². The number of nitrogens with one attached hydrogen (secondary N) is 2. The molecule has 1 aliphatic heterocycles. The first kappa shape index (κ1) is 21.1. The Morgan fingerprint density at radius 1 is 1.26 bits per heavy atom. The zero-order valence-electron chi connectivity index (χ0n) is 18.6. The van der Waals surface area contributed by atoms with E-state index in [-0.39, 0.29) is 4.48 Å². The summed E-state index contributed by atoms with van der Waals surface area (Å²) in [6.07, 6.45) is 6.77. The van der Waals surface area contributed by atoms with Gasteiger partial charge in [-0.1, -0.05) is 0 Å². The van der Waals surface area contributed by atoms with Crippen LogP contribution >= 0.6 is 0 Å². The summed E-state index contributed by atoms with van der Waals surface area (Å²) in [7, 11) is 0. The molecule has 2 fully saturated rings. The van der Waals surface area contributed by atoms with Crippen LogP contribution in [0.15, 0.2) is 24.4 Å². The number of rotatable bonds is 6. The summed E-state index contributed by atoms with van der Waals surface area (Å²) in [6.45, 7) is 0.554. The first-order valence-corrected chi connectivity index (χ1v) is 11.6. The number of H-pyrrole nitrogens is 1. The van der Waals surface area contributed by atoms with E-state index in [1.54, 1.807) is 12.1 Å². The lowest BCUT2D eigenvalue weighted by Gasteiger charge is -2.35. The van der Waals surface area contributed by atoms with Crippen LogP contribution in [0.25, 0.3) is 0 Å². The Bertz CT molecular complexity index is 1270. The summed E-state index contributed by atoms with van der Waals surface area (Å²) >= 11 is 0. The van der Waals surface area contributed by atoms with Crippen molar-refractivity contribution in [1.82, 2.24) is 29.6 Å². The van der Waals surface area contributed by atoms with Crippen molar-refractivity contribution in [2.24, 2.45) is 5.73 Å². The molecule has 3 aromatic rings. The van der Waals surface area contributed by atoms with Crippen molar-refractivity contribution in [2.45, 2.75) is 56.6 Å². The van der Waals surface area contributed by atoms with Gasteiger partial charge in [-0.05, 0) is 38.2 Å². The van der Waals surface area contributed by atoms with Crippen molar-refractivity contribution in [3.63, 3.8) is 0 Å². The molecule has 11 heteroatoms. The number of primary amides is 1. The molecule has 34 heavy (non-hydrogen) atoms. The van der Waals surface area contributed by atoms with Crippen molar-refractivity contribution in [1.29, 1.82) is 0 Å². The van der Waals surface area contributed by atoms with Crippen LogP contribution in [0.3, 0.4) is 0 Å². The monoisotopic (exact) mass is 465 g/mol. The topological polar surface area (TPSA) is 143 Å². The van der Waals surface area contributed by atoms with Crippen LogP contribution in [0.5, 0.6) is 0 Å². The number of aromatic nitrogens is 5. The lowest BCUT2D eigenvalue weighted by atomic mass is 10.1.